The lowest BCUT2D eigenvalue weighted by atomic mass is 9.82. The topological polar surface area (TPSA) is 85.4 Å². The van der Waals surface area contributed by atoms with Gasteiger partial charge in [0.15, 0.2) is 5.82 Å². The molecule has 1 fully saturated rings. The lowest BCUT2D eigenvalue weighted by molar-refractivity contribution is -0.274. The van der Waals surface area contributed by atoms with E-state index in [1.165, 1.54) is 24.3 Å². The Labute approximate surface area is 173 Å². The van der Waals surface area contributed by atoms with Gasteiger partial charge in [0, 0.05) is 17.9 Å². The highest BCUT2D eigenvalue weighted by molar-refractivity contribution is 5.98. The normalized spacial score (nSPS) is 22.2. The summed E-state index contributed by atoms with van der Waals surface area (Å²) in [6.07, 6.45) is -0.144. The van der Waals surface area contributed by atoms with Crippen molar-refractivity contribution in [2.45, 2.75) is 44.6 Å². The van der Waals surface area contributed by atoms with Gasteiger partial charge in [0.1, 0.15) is 11.3 Å². The van der Waals surface area contributed by atoms with Gasteiger partial charge in [-0.15, -0.1) is 13.2 Å². The van der Waals surface area contributed by atoms with E-state index in [4.69, 9.17) is 5.73 Å². The molecule has 3 rings (SSSR count). The van der Waals surface area contributed by atoms with Crippen LogP contribution < -0.4 is 15.8 Å². The van der Waals surface area contributed by atoms with Crippen molar-refractivity contribution < 1.29 is 22.7 Å². The van der Waals surface area contributed by atoms with Crippen molar-refractivity contribution in [3.05, 3.63) is 36.0 Å². The summed E-state index contributed by atoms with van der Waals surface area (Å²) in [5, 5.41) is 7.50. The van der Waals surface area contributed by atoms with Gasteiger partial charge in [-0.1, -0.05) is 6.92 Å². The molecule has 2 aromatic rings. The predicted octanol–water partition coefficient (Wildman–Crippen LogP) is 3.92. The summed E-state index contributed by atoms with van der Waals surface area (Å²) in [5.74, 6) is -0.331. The van der Waals surface area contributed by atoms with E-state index in [0.717, 1.165) is 19.3 Å². The zero-order valence-corrected chi connectivity index (χ0v) is 17.1. The fraction of sp³-hybridized carbons (Fsp3) is 0.500. The summed E-state index contributed by atoms with van der Waals surface area (Å²) in [5.41, 5.74) is 6.21. The second-order valence-electron chi connectivity index (χ2n) is 7.91. The molecule has 0 spiro atoms. The number of hydrogen-bond acceptors (Lipinski definition) is 5. The van der Waals surface area contributed by atoms with Crippen molar-refractivity contribution in [3.8, 4) is 5.75 Å². The zero-order chi connectivity index (χ0) is 22.1. The number of anilines is 2. The minimum atomic E-state index is -4.75. The molecule has 1 aromatic carbocycles. The van der Waals surface area contributed by atoms with Gasteiger partial charge in [-0.2, -0.15) is 5.10 Å². The Hall–Kier alpha value is -2.75. The molecule has 1 aromatic heterocycles. The van der Waals surface area contributed by atoms with Crippen molar-refractivity contribution in [2.24, 2.45) is 11.7 Å². The number of hydrogen-bond donors (Lipinski definition) is 2. The fourth-order valence-corrected chi connectivity index (χ4v) is 3.92. The molecule has 3 atom stereocenters. The Kier molecular flexibility index (Phi) is 6.25. The van der Waals surface area contributed by atoms with E-state index in [9.17, 15) is 18.0 Å². The van der Waals surface area contributed by atoms with Gasteiger partial charge in [0.2, 0.25) is 0 Å². The number of alkyl halides is 3. The van der Waals surface area contributed by atoms with Crippen LogP contribution in [0.5, 0.6) is 5.75 Å². The number of ether oxygens (including phenoxy) is 1. The molecule has 7 nitrogen and oxygen atoms in total. The monoisotopic (exact) mass is 425 g/mol. The third-order valence-corrected chi connectivity index (χ3v) is 5.51. The number of carbonyl (C=O) groups is 1. The summed E-state index contributed by atoms with van der Waals surface area (Å²) in [6.45, 7) is 2.17. The van der Waals surface area contributed by atoms with Crippen LogP contribution in [0, 0.1) is 5.92 Å². The van der Waals surface area contributed by atoms with Crippen molar-refractivity contribution >= 4 is 17.4 Å². The van der Waals surface area contributed by atoms with E-state index in [0.29, 0.717) is 17.6 Å². The average Bonchev–Trinajstić information content (AvgIpc) is 3.05. The number of rotatable bonds is 6. The van der Waals surface area contributed by atoms with Gasteiger partial charge in [-0.05, 0) is 63.5 Å². The maximum absolute atomic E-state index is 12.3. The van der Waals surface area contributed by atoms with Gasteiger partial charge in [0.05, 0.1) is 6.04 Å². The van der Waals surface area contributed by atoms with Crippen LogP contribution in [0.2, 0.25) is 0 Å². The van der Waals surface area contributed by atoms with Crippen LogP contribution >= 0.6 is 0 Å². The van der Waals surface area contributed by atoms with E-state index in [-0.39, 0.29) is 23.2 Å². The number of carbonyl (C=O) groups excluding carboxylic acids is 1. The Morgan fingerprint density at radius 1 is 1.27 bits per heavy atom. The molecular formula is C20H26F3N5O2. The van der Waals surface area contributed by atoms with Crippen LogP contribution in [-0.2, 0) is 0 Å². The Bertz CT molecular complexity index is 880. The Balaban J connectivity index is 1.77. The standard InChI is InChI=1S/C20H26F3N5O2/c1-12-10-14(27(2)3)6-9-17(12)28-11-16(18(24)29)19(26-28)25-13-4-7-15(8-5-13)30-20(21,22)23/h4-5,7-8,11-12,14,17H,6,9-10H2,1-3H3,(H2,24,29)(H,25,26). The number of nitrogens with zero attached hydrogens (tertiary/aromatic N) is 3. The first-order valence-electron chi connectivity index (χ1n) is 9.71. The summed E-state index contributed by atoms with van der Waals surface area (Å²) < 4.78 is 42.6. The van der Waals surface area contributed by atoms with Gasteiger partial charge in [-0.25, -0.2) is 0 Å². The SMILES string of the molecule is CC1CC(N(C)C)CCC1n1cc(C(N)=O)c(Nc2ccc(OC(F)(F)F)cc2)n1. The lowest BCUT2D eigenvalue weighted by Gasteiger charge is -2.37. The van der Waals surface area contributed by atoms with Crippen LogP contribution in [-0.4, -0.2) is 47.1 Å². The first-order chi connectivity index (χ1) is 14.0. The molecule has 0 radical (unpaired) electrons. The zero-order valence-electron chi connectivity index (χ0n) is 17.1. The average molecular weight is 425 g/mol. The highest BCUT2D eigenvalue weighted by atomic mass is 19.4. The summed E-state index contributed by atoms with van der Waals surface area (Å²) in [6, 6.07) is 5.84. The first-order valence-corrected chi connectivity index (χ1v) is 9.71. The third-order valence-electron chi connectivity index (χ3n) is 5.51. The van der Waals surface area contributed by atoms with E-state index in [1.54, 1.807) is 10.9 Å². The van der Waals surface area contributed by atoms with Crippen LogP contribution in [0.25, 0.3) is 0 Å². The van der Waals surface area contributed by atoms with E-state index in [1.807, 2.05) is 0 Å². The van der Waals surface area contributed by atoms with E-state index < -0.39 is 12.3 Å². The van der Waals surface area contributed by atoms with Gasteiger partial charge in [0.25, 0.3) is 5.91 Å². The van der Waals surface area contributed by atoms with Gasteiger partial charge < -0.3 is 20.7 Å². The number of halogens is 3. The molecule has 3 N–H and O–H groups in total. The summed E-state index contributed by atoms with van der Waals surface area (Å²) in [7, 11) is 4.15. The number of nitrogens with two attached hydrogens (primary N) is 1. The molecule has 0 aliphatic heterocycles. The fourth-order valence-electron chi connectivity index (χ4n) is 3.92. The highest BCUT2D eigenvalue weighted by Crippen LogP contribution is 2.36. The molecule has 1 saturated carbocycles. The quantitative estimate of drug-likeness (QED) is 0.733. The lowest BCUT2D eigenvalue weighted by Crippen LogP contribution is -2.37. The number of amides is 1. The molecule has 1 aliphatic rings. The number of primary amides is 1. The van der Waals surface area contributed by atoms with Gasteiger partial charge >= 0.3 is 6.36 Å². The largest absolute Gasteiger partial charge is 0.573 e. The number of nitrogens with one attached hydrogen (secondary N) is 1. The smallest absolute Gasteiger partial charge is 0.406 e. The summed E-state index contributed by atoms with van der Waals surface area (Å²) >= 11 is 0. The van der Waals surface area contributed by atoms with Gasteiger partial charge in [-0.3, -0.25) is 9.48 Å². The molecule has 3 unspecified atom stereocenters. The second-order valence-corrected chi connectivity index (χ2v) is 7.91. The van der Waals surface area contributed by atoms with E-state index in [2.05, 4.69) is 41.1 Å². The number of aromatic nitrogens is 2. The highest BCUT2D eigenvalue weighted by Gasteiger charge is 2.32. The van der Waals surface area contributed by atoms with Crippen molar-refractivity contribution in [1.82, 2.24) is 14.7 Å². The van der Waals surface area contributed by atoms with Crippen LogP contribution in [0.3, 0.4) is 0 Å². The predicted molar refractivity (Wildman–Crippen MR) is 107 cm³/mol. The molecular weight excluding hydrogens is 399 g/mol. The number of benzene rings is 1. The molecule has 1 amide bonds. The summed E-state index contributed by atoms with van der Waals surface area (Å²) in [4.78, 5) is 14.1. The van der Waals surface area contributed by atoms with Crippen LogP contribution in [0.4, 0.5) is 24.7 Å². The maximum Gasteiger partial charge on any atom is 0.573 e. The third kappa shape index (κ3) is 5.24. The molecule has 1 heterocycles. The Morgan fingerprint density at radius 3 is 2.47 bits per heavy atom. The van der Waals surface area contributed by atoms with E-state index >= 15 is 0 Å². The minimum Gasteiger partial charge on any atom is -0.406 e. The molecule has 0 saturated heterocycles. The molecule has 10 heteroatoms. The second kappa shape index (κ2) is 8.55. The maximum atomic E-state index is 12.3. The van der Waals surface area contributed by atoms with Crippen molar-refractivity contribution in [3.63, 3.8) is 0 Å². The molecule has 0 bridgehead atoms. The van der Waals surface area contributed by atoms with Crippen molar-refractivity contribution in [2.75, 3.05) is 19.4 Å². The Morgan fingerprint density at radius 2 is 1.93 bits per heavy atom. The van der Waals surface area contributed by atoms with Crippen LogP contribution in [0.15, 0.2) is 30.5 Å². The first kappa shape index (κ1) is 21.9. The molecule has 1 aliphatic carbocycles. The molecule has 30 heavy (non-hydrogen) atoms. The minimum absolute atomic E-state index is 0.136. The van der Waals surface area contributed by atoms with Crippen LogP contribution in [0.1, 0.15) is 42.6 Å². The van der Waals surface area contributed by atoms with Crippen molar-refractivity contribution in [1.29, 1.82) is 0 Å². The molecule has 164 valence electrons.